The lowest BCUT2D eigenvalue weighted by molar-refractivity contribution is 0.139. The SMILES string of the molecule is CNC(C)(F)c1nc(N)nc(N[C@@H]2CCc3cc(F)c(C)cc32)n1. The molecule has 0 saturated carbocycles. The van der Waals surface area contributed by atoms with Gasteiger partial charge in [-0.2, -0.15) is 15.0 Å². The molecule has 1 aliphatic carbocycles. The van der Waals surface area contributed by atoms with Crippen LogP contribution < -0.4 is 16.4 Å². The Morgan fingerprint density at radius 1 is 1.29 bits per heavy atom. The number of benzene rings is 1. The van der Waals surface area contributed by atoms with E-state index in [1.807, 2.05) is 6.07 Å². The number of fused-ring (bicyclic) bond motifs is 1. The van der Waals surface area contributed by atoms with E-state index in [-0.39, 0.29) is 29.6 Å². The van der Waals surface area contributed by atoms with Crippen molar-refractivity contribution in [2.45, 2.75) is 38.5 Å². The highest BCUT2D eigenvalue weighted by Gasteiger charge is 2.29. The van der Waals surface area contributed by atoms with Gasteiger partial charge in [-0.25, -0.2) is 8.78 Å². The highest BCUT2D eigenvalue weighted by atomic mass is 19.1. The van der Waals surface area contributed by atoms with E-state index in [9.17, 15) is 8.78 Å². The van der Waals surface area contributed by atoms with Gasteiger partial charge in [-0.05, 0) is 56.5 Å². The minimum atomic E-state index is -1.92. The third-order valence-corrected chi connectivity index (χ3v) is 4.34. The van der Waals surface area contributed by atoms with Crippen molar-refractivity contribution in [3.63, 3.8) is 0 Å². The minimum absolute atomic E-state index is 0.0601. The van der Waals surface area contributed by atoms with Gasteiger partial charge in [0.15, 0.2) is 5.82 Å². The molecule has 2 atom stereocenters. The normalized spacial score (nSPS) is 19.0. The number of nitrogens with two attached hydrogens (primary N) is 1. The van der Waals surface area contributed by atoms with Crippen LogP contribution in [-0.4, -0.2) is 22.0 Å². The van der Waals surface area contributed by atoms with Gasteiger partial charge in [0.25, 0.3) is 0 Å². The van der Waals surface area contributed by atoms with Gasteiger partial charge < -0.3 is 11.1 Å². The zero-order valence-electron chi connectivity index (χ0n) is 13.8. The first-order valence-electron chi connectivity index (χ1n) is 7.75. The van der Waals surface area contributed by atoms with Crippen molar-refractivity contribution < 1.29 is 8.78 Å². The van der Waals surface area contributed by atoms with Crippen molar-refractivity contribution in [2.75, 3.05) is 18.1 Å². The fourth-order valence-corrected chi connectivity index (χ4v) is 2.83. The third-order valence-electron chi connectivity index (χ3n) is 4.34. The van der Waals surface area contributed by atoms with E-state index in [4.69, 9.17) is 5.73 Å². The maximum absolute atomic E-state index is 14.4. The Balaban J connectivity index is 1.90. The van der Waals surface area contributed by atoms with Crippen LogP contribution in [0.2, 0.25) is 0 Å². The number of hydrogen-bond donors (Lipinski definition) is 3. The monoisotopic (exact) mass is 334 g/mol. The number of nitrogens with one attached hydrogen (secondary N) is 2. The van der Waals surface area contributed by atoms with Crippen LogP contribution in [-0.2, 0) is 12.2 Å². The summed E-state index contributed by atoms with van der Waals surface area (Å²) in [6.07, 6.45) is 1.53. The molecule has 8 heteroatoms. The van der Waals surface area contributed by atoms with Gasteiger partial charge >= 0.3 is 0 Å². The molecule has 1 aromatic carbocycles. The molecule has 1 aliphatic rings. The van der Waals surface area contributed by atoms with Gasteiger partial charge in [-0.3, -0.25) is 5.32 Å². The summed E-state index contributed by atoms with van der Waals surface area (Å²) in [5.41, 5.74) is 8.23. The lowest BCUT2D eigenvalue weighted by atomic mass is 10.0. The molecule has 0 fully saturated rings. The van der Waals surface area contributed by atoms with Crippen LogP contribution in [0, 0.1) is 12.7 Å². The van der Waals surface area contributed by atoms with Crippen molar-refractivity contribution in [3.05, 3.63) is 40.5 Å². The molecule has 1 aromatic heterocycles. The Morgan fingerprint density at radius 2 is 2.04 bits per heavy atom. The number of anilines is 2. The molecule has 0 radical (unpaired) electrons. The standard InChI is InChI=1S/C16H20F2N6/c1-8-6-10-9(7-11(8)17)4-5-12(10)21-15-23-13(16(2,18)20-3)22-14(19)24-15/h6-7,12,20H,4-5H2,1-3H3,(H3,19,21,22,23,24)/t12-,16?/m1/s1. The van der Waals surface area contributed by atoms with Gasteiger partial charge in [0.1, 0.15) is 5.82 Å². The Morgan fingerprint density at radius 3 is 2.75 bits per heavy atom. The number of halogens is 2. The smallest absolute Gasteiger partial charge is 0.228 e. The molecule has 0 amide bonds. The zero-order valence-corrected chi connectivity index (χ0v) is 13.8. The maximum atomic E-state index is 14.4. The van der Waals surface area contributed by atoms with Crippen LogP contribution in [0.4, 0.5) is 20.7 Å². The molecule has 3 rings (SSSR count). The second kappa shape index (κ2) is 5.94. The first-order chi connectivity index (χ1) is 11.3. The van der Waals surface area contributed by atoms with Crippen LogP contribution >= 0.6 is 0 Å². The molecule has 1 heterocycles. The summed E-state index contributed by atoms with van der Waals surface area (Å²) in [6, 6.07) is 3.32. The van der Waals surface area contributed by atoms with E-state index in [0.29, 0.717) is 5.56 Å². The number of aromatic nitrogens is 3. The zero-order chi connectivity index (χ0) is 17.5. The van der Waals surface area contributed by atoms with Crippen molar-refractivity contribution in [2.24, 2.45) is 0 Å². The van der Waals surface area contributed by atoms with E-state index in [2.05, 4.69) is 25.6 Å². The van der Waals surface area contributed by atoms with Gasteiger partial charge in [0, 0.05) is 0 Å². The third kappa shape index (κ3) is 3.01. The van der Waals surface area contributed by atoms with E-state index in [1.54, 1.807) is 13.0 Å². The number of alkyl halides is 1. The number of aryl methyl sites for hydroxylation is 2. The fraction of sp³-hybridized carbons (Fsp3) is 0.438. The van der Waals surface area contributed by atoms with Gasteiger partial charge in [-0.1, -0.05) is 6.07 Å². The van der Waals surface area contributed by atoms with Gasteiger partial charge in [0.05, 0.1) is 6.04 Å². The Kier molecular flexibility index (Phi) is 4.08. The molecule has 4 N–H and O–H groups in total. The predicted octanol–water partition coefficient (Wildman–Crippen LogP) is 2.36. The largest absolute Gasteiger partial charge is 0.368 e. The summed E-state index contributed by atoms with van der Waals surface area (Å²) in [5.74, 6) is -2.07. The first kappa shape index (κ1) is 16.5. The lowest BCUT2D eigenvalue weighted by Crippen LogP contribution is -2.34. The van der Waals surface area contributed by atoms with E-state index in [1.165, 1.54) is 14.0 Å². The van der Waals surface area contributed by atoms with Gasteiger partial charge in [-0.15, -0.1) is 0 Å². The Bertz CT molecular complexity index is 777. The average molecular weight is 334 g/mol. The molecule has 0 saturated heterocycles. The second-order valence-corrected chi connectivity index (χ2v) is 6.13. The van der Waals surface area contributed by atoms with Crippen molar-refractivity contribution in [1.82, 2.24) is 20.3 Å². The summed E-state index contributed by atoms with van der Waals surface area (Å²) in [6.45, 7) is 3.04. The molecule has 0 aliphatic heterocycles. The Hall–Kier alpha value is -2.35. The summed E-state index contributed by atoms with van der Waals surface area (Å²) in [5, 5.41) is 5.65. The summed E-state index contributed by atoms with van der Waals surface area (Å²) < 4.78 is 28.1. The van der Waals surface area contributed by atoms with E-state index < -0.39 is 5.79 Å². The van der Waals surface area contributed by atoms with E-state index in [0.717, 1.165) is 24.0 Å². The molecule has 24 heavy (non-hydrogen) atoms. The van der Waals surface area contributed by atoms with Crippen LogP contribution in [0.3, 0.4) is 0 Å². The number of hydrogen-bond acceptors (Lipinski definition) is 6. The summed E-state index contributed by atoms with van der Waals surface area (Å²) in [7, 11) is 1.47. The molecule has 0 bridgehead atoms. The average Bonchev–Trinajstić information content (AvgIpc) is 2.89. The molecule has 0 spiro atoms. The van der Waals surface area contributed by atoms with E-state index >= 15 is 0 Å². The number of rotatable bonds is 4. The number of nitrogens with zero attached hydrogens (tertiary/aromatic N) is 3. The predicted molar refractivity (Wildman–Crippen MR) is 87.6 cm³/mol. The Labute approximate surface area is 138 Å². The van der Waals surface area contributed by atoms with Crippen molar-refractivity contribution in [1.29, 1.82) is 0 Å². The summed E-state index contributed by atoms with van der Waals surface area (Å²) >= 11 is 0. The quantitative estimate of drug-likeness (QED) is 0.744. The van der Waals surface area contributed by atoms with Crippen molar-refractivity contribution >= 4 is 11.9 Å². The molecule has 6 nitrogen and oxygen atoms in total. The lowest BCUT2D eigenvalue weighted by Gasteiger charge is -2.20. The molecular weight excluding hydrogens is 314 g/mol. The van der Waals surface area contributed by atoms with Crippen LogP contribution in [0.1, 0.15) is 41.9 Å². The van der Waals surface area contributed by atoms with Crippen LogP contribution in [0.25, 0.3) is 0 Å². The number of nitrogen functional groups attached to an aromatic ring is 1. The minimum Gasteiger partial charge on any atom is -0.368 e. The maximum Gasteiger partial charge on any atom is 0.228 e. The topological polar surface area (TPSA) is 88.8 Å². The van der Waals surface area contributed by atoms with Crippen LogP contribution in [0.5, 0.6) is 0 Å². The first-order valence-corrected chi connectivity index (χ1v) is 7.75. The molecular formula is C16H20F2N6. The molecule has 1 unspecified atom stereocenters. The van der Waals surface area contributed by atoms with Crippen molar-refractivity contribution in [3.8, 4) is 0 Å². The molecule has 2 aromatic rings. The molecule has 128 valence electrons. The highest BCUT2D eigenvalue weighted by molar-refractivity contribution is 5.44. The fourth-order valence-electron chi connectivity index (χ4n) is 2.83. The van der Waals surface area contributed by atoms with Crippen LogP contribution in [0.15, 0.2) is 12.1 Å². The summed E-state index contributed by atoms with van der Waals surface area (Å²) in [4.78, 5) is 12.0. The second-order valence-electron chi connectivity index (χ2n) is 6.13. The highest BCUT2D eigenvalue weighted by Crippen LogP contribution is 2.35. The van der Waals surface area contributed by atoms with Gasteiger partial charge in [0.2, 0.25) is 17.7 Å².